The molecule has 0 spiro atoms. The summed E-state index contributed by atoms with van der Waals surface area (Å²) in [6, 6.07) is 5.90. The Balaban J connectivity index is 2.73. The number of carbonyl (C=O) groups is 1. The quantitative estimate of drug-likeness (QED) is 0.813. The van der Waals surface area contributed by atoms with Crippen molar-refractivity contribution < 1.29 is 9.53 Å². The Kier molecular flexibility index (Phi) is 3.19. The minimum Gasteiger partial charge on any atom is -0.495 e. The fraction of sp³-hybridized carbons (Fsp3) is 0.286. The van der Waals surface area contributed by atoms with Crippen molar-refractivity contribution in [3.63, 3.8) is 0 Å². The maximum atomic E-state index is 12.1. The third-order valence-electron chi connectivity index (χ3n) is 2.81. The van der Waals surface area contributed by atoms with Gasteiger partial charge in [0.1, 0.15) is 11.3 Å². The molecular weight excluding hydrogens is 228 g/mol. The first kappa shape index (κ1) is 12.4. The van der Waals surface area contributed by atoms with Crippen molar-refractivity contribution in [2.45, 2.75) is 6.92 Å². The summed E-state index contributed by atoms with van der Waals surface area (Å²) in [4.78, 5) is 17.9. The van der Waals surface area contributed by atoms with E-state index in [1.807, 2.05) is 25.1 Å². The number of amides is 1. The molecule has 0 aliphatic carbocycles. The van der Waals surface area contributed by atoms with Gasteiger partial charge in [0.15, 0.2) is 0 Å². The Morgan fingerprint density at radius 3 is 2.67 bits per heavy atom. The van der Waals surface area contributed by atoms with Crippen LogP contribution < -0.4 is 4.74 Å². The van der Waals surface area contributed by atoms with Gasteiger partial charge in [0.25, 0.3) is 5.91 Å². The van der Waals surface area contributed by atoms with Crippen molar-refractivity contribution in [3.05, 3.63) is 35.5 Å². The first-order valence-corrected chi connectivity index (χ1v) is 5.69. The summed E-state index contributed by atoms with van der Waals surface area (Å²) < 4.78 is 5.40. The Morgan fingerprint density at radius 1 is 1.33 bits per heavy atom. The monoisotopic (exact) mass is 244 g/mol. The van der Waals surface area contributed by atoms with Crippen LogP contribution in [0.4, 0.5) is 0 Å². The van der Waals surface area contributed by atoms with Crippen LogP contribution in [0.15, 0.2) is 24.4 Å². The van der Waals surface area contributed by atoms with E-state index in [4.69, 9.17) is 4.74 Å². The number of rotatable bonds is 2. The molecule has 1 aromatic heterocycles. The van der Waals surface area contributed by atoms with E-state index in [1.54, 1.807) is 27.4 Å². The van der Waals surface area contributed by atoms with Crippen LogP contribution in [0.5, 0.6) is 5.75 Å². The number of methoxy groups -OCH3 is 1. The van der Waals surface area contributed by atoms with Crippen LogP contribution in [-0.4, -0.2) is 37.0 Å². The second kappa shape index (κ2) is 4.64. The normalized spacial score (nSPS) is 10.4. The fourth-order valence-corrected chi connectivity index (χ4v) is 1.90. The van der Waals surface area contributed by atoms with E-state index in [9.17, 15) is 4.79 Å². The lowest BCUT2D eigenvalue weighted by Gasteiger charge is -2.14. The number of aryl methyl sites for hydroxylation is 1. The molecule has 0 bridgehead atoms. The van der Waals surface area contributed by atoms with E-state index in [0.717, 1.165) is 16.5 Å². The number of benzene rings is 1. The minimum atomic E-state index is -0.109. The van der Waals surface area contributed by atoms with Gasteiger partial charge in [-0.3, -0.25) is 9.78 Å². The lowest BCUT2D eigenvalue weighted by molar-refractivity contribution is 0.0824. The summed E-state index contributed by atoms with van der Waals surface area (Å²) in [6.07, 6.45) is 1.57. The fourth-order valence-electron chi connectivity index (χ4n) is 1.90. The average Bonchev–Trinajstić information content (AvgIpc) is 2.36. The second-order valence-electron chi connectivity index (χ2n) is 4.43. The molecule has 0 saturated heterocycles. The Labute approximate surface area is 106 Å². The average molecular weight is 244 g/mol. The van der Waals surface area contributed by atoms with E-state index in [2.05, 4.69) is 4.98 Å². The summed E-state index contributed by atoms with van der Waals surface area (Å²) >= 11 is 0. The van der Waals surface area contributed by atoms with Gasteiger partial charge in [0.05, 0.1) is 12.6 Å². The zero-order valence-corrected chi connectivity index (χ0v) is 11.0. The Bertz CT molecular complexity index is 606. The number of nitrogens with zero attached hydrogens (tertiary/aromatic N) is 2. The maximum absolute atomic E-state index is 12.1. The Hall–Kier alpha value is -2.10. The van der Waals surface area contributed by atoms with E-state index in [-0.39, 0.29) is 5.91 Å². The lowest BCUT2D eigenvalue weighted by Crippen LogP contribution is -2.22. The number of ether oxygens (including phenoxy) is 1. The predicted molar refractivity (Wildman–Crippen MR) is 71.0 cm³/mol. The van der Waals surface area contributed by atoms with Crippen molar-refractivity contribution >= 4 is 16.8 Å². The van der Waals surface area contributed by atoms with Crippen LogP contribution in [0, 0.1) is 6.92 Å². The third kappa shape index (κ3) is 2.01. The lowest BCUT2D eigenvalue weighted by atomic mass is 10.1. The topological polar surface area (TPSA) is 42.4 Å². The minimum absolute atomic E-state index is 0.109. The summed E-state index contributed by atoms with van der Waals surface area (Å²) in [6.45, 7) is 2.00. The highest BCUT2D eigenvalue weighted by molar-refractivity contribution is 6.02. The van der Waals surface area contributed by atoms with E-state index < -0.39 is 0 Å². The number of aromatic nitrogens is 1. The second-order valence-corrected chi connectivity index (χ2v) is 4.43. The summed E-state index contributed by atoms with van der Waals surface area (Å²) in [5.41, 5.74) is 2.42. The molecule has 4 nitrogen and oxygen atoms in total. The zero-order chi connectivity index (χ0) is 13.3. The Morgan fingerprint density at radius 2 is 2.06 bits per heavy atom. The highest BCUT2D eigenvalue weighted by Crippen LogP contribution is 2.29. The molecule has 1 heterocycles. The highest BCUT2D eigenvalue weighted by atomic mass is 16.5. The van der Waals surface area contributed by atoms with Crippen LogP contribution in [0.25, 0.3) is 10.9 Å². The van der Waals surface area contributed by atoms with Gasteiger partial charge < -0.3 is 9.64 Å². The summed E-state index contributed by atoms with van der Waals surface area (Å²) in [5.74, 6) is 0.477. The first-order chi connectivity index (χ1) is 8.54. The maximum Gasteiger partial charge on any atom is 0.258 e. The molecule has 1 aromatic carbocycles. The highest BCUT2D eigenvalue weighted by Gasteiger charge is 2.17. The molecule has 0 aliphatic rings. The van der Waals surface area contributed by atoms with Crippen molar-refractivity contribution in [3.8, 4) is 5.75 Å². The molecule has 0 aliphatic heterocycles. The van der Waals surface area contributed by atoms with E-state index >= 15 is 0 Å². The van der Waals surface area contributed by atoms with Gasteiger partial charge in [-0.1, -0.05) is 11.6 Å². The van der Waals surface area contributed by atoms with Crippen LogP contribution in [0.3, 0.4) is 0 Å². The van der Waals surface area contributed by atoms with Crippen LogP contribution in [0.2, 0.25) is 0 Å². The molecule has 0 radical (unpaired) electrons. The molecule has 18 heavy (non-hydrogen) atoms. The number of hydrogen-bond donors (Lipinski definition) is 0. The van der Waals surface area contributed by atoms with Crippen molar-refractivity contribution in [1.82, 2.24) is 9.88 Å². The van der Waals surface area contributed by atoms with Crippen molar-refractivity contribution in [1.29, 1.82) is 0 Å². The number of carbonyl (C=O) groups excluding carboxylic acids is 1. The smallest absolute Gasteiger partial charge is 0.258 e. The number of hydrogen-bond acceptors (Lipinski definition) is 3. The van der Waals surface area contributed by atoms with E-state index in [0.29, 0.717) is 11.3 Å². The van der Waals surface area contributed by atoms with E-state index in [1.165, 1.54) is 4.90 Å². The molecular formula is C14H16N2O2. The van der Waals surface area contributed by atoms with Crippen LogP contribution in [-0.2, 0) is 0 Å². The SMILES string of the molecule is COc1c(C(=O)N(C)C)cnc2ccc(C)cc12. The van der Waals surface area contributed by atoms with Crippen LogP contribution >= 0.6 is 0 Å². The first-order valence-electron chi connectivity index (χ1n) is 5.69. The van der Waals surface area contributed by atoms with Gasteiger partial charge in [-0.2, -0.15) is 0 Å². The molecule has 1 amide bonds. The number of pyridine rings is 1. The van der Waals surface area contributed by atoms with Gasteiger partial charge in [-0.25, -0.2) is 0 Å². The molecule has 0 fully saturated rings. The number of fused-ring (bicyclic) bond motifs is 1. The van der Waals surface area contributed by atoms with Crippen LogP contribution in [0.1, 0.15) is 15.9 Å². The third-order valence-corrected chi connectivity index (χ3v) is 2.81. The van der Waals surface area contributed by atoms with Gasteiger partial charge in [0.2, 0.25) is 0 Å². The van der Waals surface area contributed by atoms with Gasteiger partial charge in [0, 0.05) is 25.7 Å². The zero-order valence-electron chi connectivity index (χ0n) is 11.0. The molecule has 2 aromatic rings. The molecule has 94 valence electrons. The molecule has 4 heteroatoms. The predicted octanol–water partition coefficient (Wildman–Crippen LogP) is 2.25. The molecule has 0 unspecified atom stereocenters. The van der Waals surface area contributed by atoms with Gasteiger partial charge in [-0.05, 0) is 19.1 Å². The van der Waals surface area contributed by atoms with Crippen molar-refractivity contribution in [2.24, 2.45) is 0 Å². The van der Waals surface area contributed by atoms with Gasteiger partial charge >= 0.3 is 0 Å². The molecule has 0 saturated carbocycles. The van der Waals surface area contributed by atoms with Gasteiger partial charge in [-0.15, -0.1) is 0 Å². The molecule has 0 N–H and O–H groups in total. The van der Waals surface area contributed by atoms with Crippen molar-refractivity contribution in [2.75, 3.05) is 21.2 Å². The molecule has 2 rings (SSSR count). The largest absolute Gasteiger partial charge is 0.495 e. The summed E-state index contributed by atoms with van der Waals surface area (Å²) in [5, 5.41) is 0.866. The summed E-state index contributed by atoms with van der Waals surface area (Å²) in [7, 11) is 4.99. The molecule has 0 atom stereocenters. The standard InChI is InChI=1S/C14H16N2O2/c1-9-5-6-12-10(7-9)13(18-4)11(8-15-12)14(17)16(2)3/h5-8H,1-4H3.